The Balaban J connectivity index is 1.78. The van der Waals surface area contributed by atoms with E-state index in [4.69, 9.17) is 0 Å². The predicted octanol–water partition coefficient (Wildman–Crippen LogP) is 3.05. The van der Waals surface area contributed by atoms with Crippen molar-refractivity contribution < 1.29 is 19.5 Å². The average molecular weight is 461 g/mol. The van der Waals surface area contributed by atoms with Crippen LogP contribution in [0.3, 0.4) is 0 Å². The lowest BCUT2D eigenvalue weighted by Gasteiger charge is -2.44. The van der Waals surface area contributed by atoms with E-state index in [0.29, 0.717) is 22.6 Å². The van der Waals surface area contributed by atoms with E-state index in [1.165, 1.54) is 6.92 Å². The van der Waals surface area contributed by atoms with Gasteiger partial charge in [-0.25, -0.2) is 0 Å². The Morgan fingerprint density at radius 2 is 1.53 bits per heavy atom. The van der Waals surface area contributed by atoms with E-state index in [1.54, 1.807) is 73.4 Å². The summed E-state index contributed by atoms with van der Waals surface area (Å²) in [6.45, 7) is 3.24. The number of amides is 2. The maximum Gasteiger partial charge on any atom is 0.235 e. The SMILES string of the molecule is Cc1nn(C)cc1[C@@H]1[C@H](C(=O)Nc2ccccc2)C(=O)C[C@](C)(O)[C@H]1C(=O)Nc1ccccc1. The Bertz CT molecular complexity index is 1200. The zero-order chi connectivity index (χ0) is 24.5. The summed E-state index contributed by atoms with van der Waals surface area (Å²) < 4.78 is 1.58. The molecule has 1 aliphatic rings. The molecule has 4 rings (SSSR count). The van der Waals surface area contributed by atoms with Gasteiger partial charge in [0.15, 0.2) is 0 Å². The molecule has 2 amide bonds. The highest BCUT2D eigenvalue weighted by atomic mass is 16.3. The molecular formula is C26H28N4O4. The maximum atomic E-state index is 13.6. The van der Waals surface area contributed by atoms with Gasteiger partial charge in [0.05, 0.1) is 17.2 Å². The monoisotopic (exact) mass is 460 g/mol. The number of Topliss-reactive ketones (excluding diaryl/α,β-unsaturated/α-hetero) is 1. The zero-order valence-electron chi connectivity index (χ0n) is 19.4. The number of aliphatic hydroxyl groups is 1. The lowest BCUT2D eigenvalue weighted by molar-refractivity contribution is -0.150. The normalized spacial score (nSPS) is 24.5. The molecule has 176 valence electrons. The van der Waals surface area contributed by atoms with Crippen LogP contribution in [0.2, 0.25) is 0 Å². The number of aromatic nitrogens is 2. The van der Waals surface area contributed by atoms with Crippen molar-refractivity contribution in [3.63, 3.8) is 0 Å². The highest BCUT2D eigenvalue weighted by Crippen LogP contribution is 2.47. The van der Waals surface area contributed by atoms with Gasteiger partial charge in [-0.1, -0.05) is 36.4 Å². The molecule has 3 aromatic rings. The second-order valence-corrected chi connectivity index (χ2v) is 9.04. The Morgan fingerprint density at radius 1 is 1.00 bits per heavy atom. The summed E-state index contributed by atoms with van der Waals surface area (Å²) >= 11 is 0. The van der Waals surface area contributed by atoms with E-state index in [-0.39, 0.29) is 6.42 Å². The summed E-state index contributed by atoms with van der Waals surface area (Å²) in [7, 11) is 1.73. The molecule has 1 fully saturated rings. The fraction of sp³-hybridized carbons (Fsp3) is 0.308. The number of rotatable bonds is 5. The Kier molecular flexibility index (Phi) is 6.34. The molecule has 3 N–H and O–H groups in total. The summed E-state index contributed by atoms with van der Waals surface area (Å²) in [4.78, 5) is 40.3. The number of hydrogen-bond donors (Lipinski definition) is 3. The van der Waals surface area contributed by atoms with Crippen LogP contribution in [0.15, 0.2) is 66.9 Å². The first-order valence-corrected chi connectivity index (χ1v) is 11.1. The molecule has 1 aliphatic carbocycles. The molecule has 4 atom stereocenters. The van der Waals surface area contributed by atoms with Crippen molar-refractivity contribution in [1.29, 1.82) is 0 Å². The minimum absolute atomic E-state index is 0.317. The molecule has 34 heavy (non-hydrogen) atoms. The van der Waals surface area contributed by atoms with Gasteiger partial charge in [-0.2, -0.15) is 5.10 Å². The second kappa shape index (κ2) is 9.23. The molecular weight excluding hydrogens is 432 g/mol. The molecule has 1 heterocycles. The van der Waals surface area contributed by atoms with Crippen molar-refractivity contribution in [1.82, 2.24) is 9.78 Å². The number of para-hydroxylation sites is 2. The lowest BCUT2D eigenvalue weighted by atomic mass is 9.61. The third-order valence-corrected chi connectivity index (χ3v) is 6.33. The molecule has 1 aromatic heterocycles. The molecule has 0 spiro atoms. The molecule has 0 aliphatic heterocycles. The lowest BCUT2D eigenvalue weighted by Crippen LogP contribution is -2.56. The van der Waals surface area contributed by atoms with Gasteiger partial charge in [0.25, 0.3) is 0 Å². The fourth-order valence-corrected chi connectivity index (χ4v) is 4.89. The molecule has 0 saturated heterocycles. The van der Waals surface area contributed by atoms with Gasteiger partial charge in [-0.05, 0) is 43.7 Å². The number of aryl methyl sites for hydroxylation is 2. The largest absolute Gasteiger partial charge is 0.389 e. The summed E-state index contributed by atoms with van der Waals surface area (Å²) in [5, 5.41) is 21.4. The molecule has 0 bridgehead atoms. The Labute approximate surface area is 198 Å². The number of ketones is 1. The van der Waals surface area contributed by atoms with Crippen LogP contribution < -0.4 is 10.6 Å². The van der Waals surface area contributed by atoms with E-state index in [2.05, 4.69) is 15.7 Å². The summed E-state index contributed by atoms with van der Waals surface area (Å²) in [6, 6.07) is 17.7. The van der Waals surface area contributed by atoms with Crippen LogP contribution in [0.1, 0.15) is 30.5 Å². The van der Waals surface area contributed by atoms with E-state index < -0.39 is 41.0 Å². The first-order valence-electron chi connectivity index (χ1n) is 11.1. The van der Waals surface area contributed by atoms with E-state index in [1.807, 2.05) is 12.1 Å². The van der Waals surface area contributed by atoms with E-state index in [0.717, 1.165) is 0 Å². The number of nitrogens with zero attached hydrogens (tertiary/aromatic N) is 2. The molecule has 8 heteroatoms. The Morgan fingerprint density at radius 3 is 2.03 bits per heavy atom. The standard InChI is InChI=1S/C26H28N4O4/c1-16-19(15-30(3)29-16)21-22(24(32)27-17-10-6-4-7-11-17)20(31)14-26(2,34)23(21)25(33)28-18-12-8-5-9-13-18/h4-13,15,21-23,34H,14H2,1-3H3,(H,27,32)(H,28,33)/t21-,22-,23-,26+/m1/s1. The van der Waals surface area contributed by atoms with Gasteiger partial charge in [-0.3, -0.25) is 19.1 Å². The number of carbonyl (C=O) groups is 3. The van der Waals surface area contributed by atoms with Crippen molar-refractivity contribution in [2.45, 2.75) is 31.8 Å². The average Bonchev–Trinajstić information content (AvgIpc) is 3.11. The zero-order valence-corrected chi connectivity index (χ0v) is 19.4. The summed E-state index contributed by atoms with van der Waals surface area (Å²) in [5.41, 5.74) is 0.619. The van der Waals surface area contributed by atoms with Gasteiger partial charge in [0.2, 0.25) is 11.8 Å². The van der Waals surface area contributed by atoms with E-state index >= 15 is 0 Å². The first kappa shape index (κ1) is 23.4. The number of anilines is 2. The van der Waals surface area contributed by atoms with Gasteiger partial charge < -0.3 is 15.7 Å². The first-order chi connectivity index (χ1) is 16.2. The van der Waals surface area contributed by atoms with Crippen LogP contribution in [-0.4, -0.2) is 38.1 Å². The van der Waals surface area contributed by atoms with Crippen LogP contribution in [0.5, 0.6) is 0 Å². The third-order valence-electron chi connectivity index (χ3n) is 6.33. The minimum Gasteiger partial charge on any atom is -0.389 e. The van der Waals surface area contributed by atoms with Crippen LogP contribution in [-0.2, 0) is 21.4 Å². The highest BCUT2D eigenvalue weighted by Gasteiger charge is 2.56. The highest BCUT2D eigenvalue weighted by molar-refractivity contribution is 6.10. The van der Waals surface area contributed by atoms with Crippen LogP contribution in [0, 0.1) is 18.8 Å². The summed E-state index contributed by atoms with van der Waals surface area (Å²) in [6.07, 6.45) is 1.39. The topological polar surface area (TPSA) is 113 Å². The van der Waals surface area contributed by atoms with Crippen LogP contribution >= 0.6 is 0 Å². The molecule has 8 nitrogen and oxygen atoms in total. The smallest absolute Gasteiger partial charge is 0.235 e. The fourth-order valence-electron chi connectivity index (χ4n) is 4.89. The van der Waals surface area contributed by atoms with Crippen molar-refractivity contribution in [2.75, 3.05) is 10.6 Å². The van der Waals surface area contributed by atoms with Gasteiger partial charge in [0, 0.05) is 37.0 Å². The number of hydrogen-bond acceptors (Lipinski definition) is 5. The predicted molar refractivity (Wildman–Crippen MR) is 128 cm³/mol. The van der Waals surface area contributed by atoms with Gasteiger partial charge in [-0.15, -0.1) is 0 Å². The van der Waals surface area contributed by atoms with Crippen molar-refractivity contribution >= 4 is 29.0 Å². The van der Waals surface area contributed by atoms with Crippen molar-refractivity contribution in [3.05, 3.63) is 78.1 Å². The van der Waals surface area contributed by atoms with Crippen LogP contribution in [0.4, 0.5) is 11.4 Å². The van der Waals surface area contributed by atoms with E-state index in [9.17, 15) is 19.5 Å². The molecule has 1 saturated carbocycles. The van der Waals surface area contributed by atoms with Gasteiger partial charge in [0.1, 0.15) is 11.7 Å². The quantitative estimate of drug-likeness (QED) is 0.507. The minimum atomic E-state index is -1.66. The third kappa shape index (κ3) is 4.63. The maximum absolute atomic E-state index is 13.6. The molecule has 2 aromatic carbocycles. The van der Waals surface area contributed by atoms with Crippen molar-refractivity contribution in [2.24, 2.45) is 18.9 Å². The Hall–Kier alpha value is -3.78. The summed E-state index contributed by atoms with van der Waals surface area (Å²) in [5.74, 6) is -4.55. The second-order valence-electron chi connectivity index (χ2n) is 9.04. The van der Waals surface area contributed by atoms with Crippen molar-refractivity contribution in [3.8, 4) is 0 Å². The number of nitrogens with one attached hydrogen (secondary N) is 2. The molecule has 0 radical (unpaired) electrons. The number of benzene rings is 2. The molecule has 0 unspecified atom stereocenters. The van der Waals surface area contributed by atoms with Gasteiger partial charge >= 0.3 is 0 Å². The number of carbonyl (C=O) groups excluding carboxylic acids is 3. The van der Waals surface area contributed by atoms with Crippen LogP contribution in [0.25, 0.3) is 0 Å².